The molecule has 1 aliphatic carbocycles. The summed E-state index contributed by atoms with van der Waals surface area (Å²) in [7, 11) is 3.94. The highest BCUT2D eigenvalue weighted by Gasteiger charge is 2.25. The van der Waals surface area contributed by atoms with Crippen molar-refractivity contribution in [2.75, 3.05) is 45.2 Å². The van der Waals surface area contributed by atoms with Gasteiger partial charge in [-0.3, -0.25) is 9.59 Å². The zero-order valence-electron chi connectivity index (χ0n) is 21.0. The topological polar surface area (TPSA) is 61.9 Å². The Bertz CT molecular complexity index is 1250. The first-order valence-electron chi connectivity index (χ1n) is 12.7. The summed E-state index contributed by atoms with van der Waals surface area (Å²) in [6.07, 6.45) is 3.17. The van der Waals surface area contributed by atoms with Gasteiger partial charge in [-0.05, 0) is 77.9 Å². The van der Waals surface area contributed by atoms with Crippen LogP contribution in [-0.2, 0) is 6.42 Å². The van der Waals surface area contributed by atoms with Crippen molar-refractivity contribution in [3.8, 4) is 5.75 Å². The molecule has 0 aromatic heterocycles. The number of hydrogen-bond donors (Lipinski definition) is 1. The number of carbonyl (C=O) groups is 2. The molecule has 0 saturated heterocycles. The summed E-state index contributed by atoms with van der Waals surface area (Å²) < 4.78 is 6.26. The van der Waals surface area contributed by atoms with Crippen molar-refractivity contribution in [2.45, 2.75) is 25.2 Å². The van der Waals surface area contributed by atoms with E-state index in [0.717, 1.165) is 22.6 Å². The largest absolute Gasteiger partial charge is 0.491 e. The molecule has 2 bridgehead atoms. The number of ether oxygens (including phenoxy) is 1. The fraction of sp³-hybridized carbons (Fsp3) is 0.333. The van der Waals surface area contributed by atoms with Gasteiger partial charge in [0.1, 0.15) is 12.4 Å². The van der Waals surface area contributed by atoms with Gasteiger partial charge in [-0.1, -0.05) is 24.3 Å². The molecule has 6 nitrogen and oxygen atoms in total. The number of fused-ring (bicyclic) bond motifs is 3. The quantitative estimate of drug-likeness (QED) is 0.597. The molecular formula is C30H33N3O3. The van der Waals surface area contributed by atoms with Crippen LogP contribution in [0.5, 0.6) is 5.75 Å². The number of hydrogen-bond acceptors (Lipinski definition) is 4. The number of rotatable bonds is 3. The smallest absolute Gasteiger partial charge is 0.254 e. The van der Waals surface area contributed by atoms with E-state index in [1.165, 1.54) is 18.4 Å². The molecule has 1 heterocycles. The molecule has 0 radical (unpaired) electrons. The maximum absolute atomic E-state index is 13.4. The van der Waals surface area contributed by atoms with Crippen molar-refractivity contribution < 1.29 is 14.3 Å². The van der Waals surface area contributed by atoms with Crippen molar-refractivity contribution in [1.29, 1.82) is 0 Å². The predicted octanol–water partition coefficient (Wildman–Crippen LogP) is 4.49. The van der Waals surface area contributed by atoms with Gasteiger partial charge in [-0.15, -0.1) is 0 Å². The Morgan fingerprint density at radius 2 is 1.81 bits per heavy atom. The molecule has 2 amide bonds. The predicted molar refractivity (Wildman–Crippen MR) is 142 cm³/mol. The number of carbonyl (C=O) groups excluding carboxylic acids is 2. The van der Waals surface area contributed by atoms with E-state index in [1.54, 1.807) is 4.90 Å². The molecule has 1 N–H and O–H groups in total. The summed E-state index contributed by atoms with van der Waals surface area (Å²) in [5.74, 6) is 1.29. The van der Waals surface area contributed by atoms with E-state index < -0.39 is 0 Å². The molecule has 1 fully saturated rings. The number of nitrogens with zero attached hydrogens (tertiary/aromatic N) is 2. The Morgan fingerprint density at radius 3 is 2.56 bits per heavy atom. The molecule has 2 aliphatic rings. The molecule has 3 aromatic carbocycles. The van der Waals surface area contributed by atoms with E-state index >= 15 is 0 Å². The van der Waals surface area contributed by atoms with E-state index in [0.29, 0.717) is 49.7 Å². The summed E-state index contributed by atoms with van der Waals surface area (Å²) in [6.45, 7) is 1.58. The third kappa shape index (κ3) is 5.54. The highest BCUT2D eigenvalue weighted by atomic mass is 16.5. The van der Waals surface area contributed by atoms with Crippen molar-refractivity contribution >= 4 is 17.5 Å². The van der Waals surface area contributed by atoms with Crippen LogP contribution < -0.4 is 15.0 Å². The summed E-state index contributed by atoms with van der Waals surface area (Å²) >= 11 is 0. The van der Waals surface area contributed by atoms with Crippen molar-refractivity contribution in [3.63, 3.8) is 0 Å². The van der Waals surface area contributed by atoms with E-state index in [1.807, 2.05) is 61.5 Å². The van der Waals surface area contributed by atoms with Crippen molar-refractivity contribution in [1.82, 2.24) is 10.2 Å². The van der Waals surface area contributed by atoms with Crippen LogP contribution in [0.2, 0.25) is 0 Å². The minimum Gasteiger partial charge on any atom is -0.491 e. The number of anilines is 1. The normalized spacial score (nSPS) is 16.3. The second-order valence-electron chi connectivity index (χ2n) is 9.86. The van der Waals surface area contributed by atoms with Crippen molar-refractivity contribution in [3.05, 3.63) is 94.5 Å². The Morgan fingerprint density at radius 1 is 1.00 bits per heavy atom. The van der Waals surface area contributed by atoms with Crippen LogP contribution in [-0.4, -0.2) is 57.1 Å². The first-order chi connectivity index (χ1) is 17.5. The van der Waals surface area contributed by atoms with E-state index in [9.17, 15) is 9.59 Å². The lowest BCUT2D eigenvalue weighted by atomic mass is 9.98. The highest BCUT2D eigenvalue weighted by Crippen LogP contribution is 2.41. The fourth-order valence-corrected chi connectivity index (χ4v) is 4.66. The van der Waals surface area contributed by atoms with Crippen LogP contribution in [0.15, 0.2) is 66.7 Å². The average Bonchev–Trinajstić information content (AvgIpc) is 3.73. The Kier molecular flexibility index (Phi) is 6.94. The van der Waals surface area contributed by atoms with E-state index in [4.69, 9.17) is 4.74 Å². The van der Waals surface area contributed by atoms with E-state index in [-0.39, 0.29) is 11.8 Å². The van der Waals surface area contributed by atoms with Crippen LogP contribution in [0.25, 0.3) is 0 Å². The summed E-state index contributed by atoms with van der Waals surface area (Å²) in [5, 5.41) is 2.98. The molecule has 5 rings (SSSR count). The minimum absolute atomic E-state index is 0.0726. The lowest BCUT2D eigenvalue weighted by Crippen LogP contribution is -2.40. The lowest BCUT2D eigenvalue weighted by molar-refractivity contribution is 0.0723. The first-order valence-corrected chi connectivity index (χ1v) is 12.7. The molecule has 6 heteroatoms. The molecular weight excluding hydrogens is 450 g/mol. The molecule has 1 aliphatic heterocycles. The van der Waals surface area contributed by atoms with Gasteiger partial charge in [0.15, 0.2) is 0 Å². The van der Waals surface area contributed by atoms with Crippen LogP contribution in [0, 0.1) is 0 Å². The van der Waals surface area contributed by atoms with Crippen molar-refractivity contribution in [2.24, 2.45) is 0 Å². The zero-order chi connectivity index (χ0) is 25.1. The van der Waals surface area contributed by atoms with Crippen LogP contribution >= 0.6 is 0 Å². The molecule has 36 heavy (non-hydrogen) atoms. The standard InChI is InChI=1S/C30H33N3O3/c1-32(2)27-11-8-23(9-12-27)30(35)33-15-14-31-29(34)25-5-3-4-21(18-25)19-26-20-24(22-6-7-22)10-13-28(26)36-17-16-33/h3-5,8-13,18,20,22H,6-7,14-17,19H2,1-2H3,(H,31,34). The average molecular weight is 484 g/mol. The summed E-state index contributed by atoms with van der Waals surface area (Å²) in [4.78, 5) is 30.0. The zero-order valence-corrected chi connectivity index (χ0v) is 21.0. The van der Waals surface area contributed by atoms with Gasteiger partial charge in [-0.25, -0.2) is 0 Å². The van der Waals surface area contributed by atoms with Gasteiger partial charge >= 0.3 is 0 Å². The maximum atomic E-state index is 13.4. The third-order valence-corrected chi connectivity index (χ3v) is 6.92. The maximum Gasteiger partial charge on any atom is 0.254 e. The summed E-state index contributed by atoms with van der Waals surface area (Å²) in [5.41, 5.74) is 5.83. The van der Waals surface area contributed by atoms with Crippen LogP contribution in [0.3, 0.4) is 0 Å². The number of amides is 2. The molecule has 3 aromatic rings. The van der Waals surface area contributed by atoms with Gasteiger partial charge in [-0.2, -0.15) is 0 Å². The molecule has 0 unspecified atom stereocenters. The highest BCUT2D eigenvalue weighted by molar-refractivity contribution is 5.95. The Labute approximate surface area is 212 Å². The van der Waals surface area contributed by atoms with E-state index in [2.05, 4.69) is 29.6 Å². The van der Waals surface area contributed by atoms with Gasteiger partial charge in [0.05, 0.1) is 6.54 Å². The molecule has 186 valence electrons. The fourth-order valence-electron chi connectivity index (χ4n) is 4.66. The second-order valence-corrected chi connectivity index (χ2v) is 9.86. The van der Waals surface area contributed by atoms with Gasteiger partial charge in [0.2, 0.25) is 0 Å². The summed E-state index contributed by atoms with van der Waals surface area (Å²) in [6, 6.07) is 21.8. The Balaban J connectivity index is 1.41. The first kappa shape index (κ1) is 23.9. The van der Waals surface area contributed by atoms with Gasteiger partial charge in [0, 0.05) is 50.4 Å². The van der Waals surface area contributed by atoms with Crippen LogP contribution in [0.4, 0.5) is 5.69 Å². The Hall–Kier alpha value is -3.80. The third-order valence-electron chi connectivity index (χ3n) is 6.92. The molecule has 1 saturated carbocycles. The lowest BCUT2D eigenvalue weighted by Gasteiger charge is -2.24. The number of nitrogens with one attached hydrogen (secondary N) is 1. The van der Waals surface area contributed by atoms with Gasteiger partial charge < -0.3 is 19.9 Å². The molecule has 0 spiro atoms. The number of benzene rings is 3. The molecule has 0 atom stereocenters. The monoisotopic (exact) mass is 483 g/mol. The SMILES string of the molecule is CN(C)c1ccc(C(=O)N2CCNC(=O)c3cccc(c3)Cc3cc(C4CC4)ccc3OCC2)cc1. The second kappa shape index (κ2) is 10.4. The minimum atomic E-state index is -0.125. The van der Waals surface area contributed by atoms with Crippen LogP contribution in [0.1, 0.15) is 56.2 Å². The van der Waals surface area contributed by atoms with Gasteiger partial charge in [0.25, 0.3) is 11.8 Å².